The van der Waals surface area contributed by atoms with Crippen LogP contribution < -0.4 is 9.47 Å². The van der Waals surface area contributed by atoms with Gasteiger partial charge in [-0.3, -0.25) is 4.79 Å². The Bertz CT molecular complexity index is 945. The van der Waals surface area contributed by atoms with Crippen molar-refractivity contribution < 1.29 is 28.8 Å². The summed E-state index contributed by atoms with van der Waals surface area (Å²) in [5.41, 5.74) is 1.11. The molecule has 0 aromatic heterocycles. The molecule has 1 rings (SSSR count). The predicted octanol–water partition coefficient (Wildman–Crippen LogP) is 5.70. The zero-order valence-corrected chi connectivity index (χ0v) is 19.5. The quantitative estimate of drug-likeness (QED) is 0.255. The Morgan fingerprint density at radius 1 is 0.938 bits per heavy atom. The first kappa shape index (κ1) is 26.4. The molecule has 1 aromatic carbocycles. The average Bonchev–Trinajstić information content (AvgIpc) is 2.82. The van der Waals surface area contributed by atoms with E-state index < -0.39 is 0 Å². The van der Waals surface area contributed by atoms with E-state index in [1.165, 1.54) is 12.2 Å². The van der Waals surface area contributed by atoms with Crippen LogP contribution in [0.4, 0.5) is 0 Å². The number of allylic oxidation sites excluding steroid dienone is 8. The van der Waals surface area contributed by atoms with Gasteiger partial charge >= 0.3 is 0 Å². The number of ketones is 1. The van der Waals surface area contributed by atoms with Crippen molar-refractivity contribution in [3.8, 4) is 11.5 Å². The third-order valence-electron chi connectivity index (χ3n) is 4.46. The maximum atomic E-state index is 12.5. The maximum absolute atomic E-state index is 12.5. The topological polar surface area (TPSA) is 74.2 Å². The summed E-state index contributed by atoms with van der Waals surface area (Å²) in [7, 11) is 6.24. The van der Waals surface area contributed by atoms with Crippen molar-refractivity contribution in [2.45, 2.75) is 20.3 Å². The number of aliphatic hydroxyl groups excluding tert-OH is 1. The van der Waals surface area contributed by atoms with Crippen molar-refractivity contribution in [2.24, 2.45) is 0 Å². The van der Waals surface area contributed by atoms with Gasteiger partial charge in [0.25, 0.3) is 0 Å². The Kier molecular flexibility index (Phi) is 11.8. The summed E-state index contributed by atoms with van der Waals surface area (Å²) in [6.45, 7) is 3.66. The zero-order chi connectivity index (χ0) is 23.9. The molecule has 0 heterocycles. The number of methoxy groups -OCH3 is 4. The minimum atomic E-state index is -0.270. The summed E-state index contributed by atoms with van der Waals surface area (Å²) >= 11 is 0. The monoisotopic (exact) mass is 440 g/mol. The lowest BCUT2D eigenvalue weighted by atomic mass is 10.1. The molecule has 0 saturated heterocycles. The van der Waals surface area contributed by atoms with E-state index in [1.54, 1.807) is 77.0 Å². The summed E-state index contributed by atoms with van der Waals surface area (Å²) in [5, 5.41) is 10.4. The normalized spacial score (nSPS) is 13.6. The molecule has 32 heavy (non-hydrogen) atoms. The average molecular weight is 441 g/mol. The number of benzene rings is 1. The SMILES string of the molecule is C\C=C(OC)/C(=C\C=C\C=C\C(=O)C(CC)=C(O)/C=C/c1ccc(OC)c(OC)c1)OC. The highest BCUT2D eigenvalue weighted by molar-refractivity contribution is 6.04. The Hall–Kier alpha value is -3.67. The van der Waals surface area contributed by atoms with Gasteiger partial charge in [-0.15, -0.1) is 0 Å². The lowest BCUT2D eigenvalue weighted by Crippen LogP contribution is -2.01. The van der Waals surface area contributed by atoms with Gasteiger partial charge in [-0.1, -0.05) is 37.3 Å². The van der Waals surface area contributed by atoms with E-state index in [9.17, 15) is 9.90 Å². The number of hydrogen-bond acceptors (Lipinski definition) is 6. The Morgan fingerprint density at radius 2 is 1.62 bits per heavy atom. The molecule has 0 aliphatic carbocycles. The maximum Gasteiger partial charge on any atom is 0.185 e. The molecule has 0 unspecified atom stereocenters. The molecule has 0 radical (unpaired) electrons. The third-order valence-corrected chi connectivity index (χ3v) is 4.46. The lowest BCUT2D eigenvalue weighted by molar-refractivity contribution is -0.111. The van der Waals surface area contributed by atoms with Gasteiger partial charge in [0.1, 0.15) is 5.76 Å². The predicted molar refractivity (Wildman–Crippen MR) is 128 cm³/mol. The van der Waals surface area contributed by atoms with Gasteiger partial charge in [-0.05, 0) is 55.3 Å². The van der Waals surface area contributed by atoms with Crippen LogP contribution >= 0.6 is 0 Å². The van der Waals surface area contributed by atoms with Crippen LogP contribution in [-0.4, -0.2) is 39.3 Å². The number of carbonyl (C=O) groups is 1. The number of ether oxygens (including phenoxy) is 4. The van der Waals surface area contributed by atoms with Crippen molar-refractivity contribution in [3.63, 3.8) is 0 Å². The second-order valence-corrected chi connectivity index (χ2v) is 6.37. The zero-order valence-electron chi connectivity index (χ0n) is 19.5. The van der Waals surface area contributed by atoms with E-state index in [4.69, 9.17) is 18.9 Å². The summed E-state index contributed by atoms with van der Waals surface area (Å²) in [6, 6.07) is 5.38. The molecule has 0 atom stereocenters. The van der Waals surface area contributed by atoms with Crippen LogP contribution in [0.1, 0.15) is 25.8 Å². The van der Waals surface area contributed by atoms with Crippen molar-refractivity contribution in [3.05, 3.63) is 89.1 Å². The van der Waals surface area contributed by atoms with Crippen molar-refractivity contribution >= 4 is 11.9 Å². The lowest BCUT2D eigenvalue weighted by Gasteiger charge is -2.07. The second kappa shape index (κ2) is 14.4. The molecular formula is C26H32O6. The van der Waals surface area contributed by atoms with Gasteiger partial charge in [-0.2, -0.15) is 0 Å². The van der Waals surface area contributed by atoms with E-state index in [2.05, 4.69) is 0 Å². The van der Waals surface area contributed by atoms with Crippen LogP contribution in [0.3, 0.4) is 0 Å². The molecule has 0 fully saturated rings. The first-order chi connectivity index (χ1) is 15.4. The highest BCUT2D eigenvalue weighted by Crippen LogP contribution is 2.28. The summed E-state index contributed by atoms with van der Waals surface area (Å²) in [5.74, 6) is 2.02. The molecule has 6 nitrogen and oxygen atoms in total. The van der Waals surface area contributed by atoms with E-state index >= 15 is 0 Å². The van der Waals surface area contributed by atoms with Gasteiger partial charge < -0.3 is 24.1 Å². The standard InChI is InChI=1S/C26H32O6/c1-7-20(21(27)12-10-9-11-13-24(30-4)23(8-2)29-3)22(28)16-14-19-15-17-25(31-5)26(18-19)32-6/h8-18,28H,7H2,1-6H3/b11-9+,12-10+,16-14+,22-20?,23-8+,24-13+. The van der Waals surface area contributed by atoms with E-state index in [0.29, 0.717) is 35.0 Å². The molecule has 0 bridgehead atoms. The second-order valence-electron chi connectivity index (χ2n) is 6.37. The summed E-state index contributed by atoms with van der Waals surface area (Å²) < 4.78 is 21.0. The van der Waals surface area contributed by atoms with Gasteiger partial charge in [0.05, 0.1) is 28.4 Å². The van der Waals surface area contributed by atoms with Crippen molar-refractivity contribution in [1.29, 1.82) is 0 Å². The number of rotatable bonds is 12. The van der Waals surface area contributed by atoms with Crippen LogP contribution in [0.2, 0.25) is 0 Å². The van der Waals surface area contributed by atoms with Gasteiger partial charge in [0.15, 0.2) is 28.8 Å². The summed E-state index contributed by atoms with van der Waals surface area (Å²) in [4.78, 5) is 12.5. The Morgan fingerprint density at radius 3 is 2.19 bits per heavy atom. The molecule has 0 aliphatic rings. The number of hydrogen-bond donors (Lipinski definition) is 1. The van der Waals surface area contributed by atoms with Crippen LogP contribution in [0.15, 0.2) is 83.6 Å². The first-order valence-corrected chi connectivity index (χ1v) is 10.1. The highest BCUT2D eigenvalue weighted by Gasteiger charge is 2.09. The van der Waals surface area contributed by atoms with Gasteiger partial charge in [-0.25, -0.2) is 0 Å². The van der Waals surface area contributed by atoms with Gasteiger partial charge in [0, 0.05) is 5.57 Å². The van der Waals surface area contributed by atoms with E-state index in [-0.39, 0.29) is 11.5 Å². The third kappa shape index (κ3) is 7.87. The first-order valence-electron chi connectivity index (χ1n) is 10.1. The van der Waals surface area contributed by atoms with E-state index in [1.807, 2.05) is 19.9 Å². The molecule has 0 aliphatic heterocycles. The van der Waals surface area contributed by atoms with Crippen molar-refractivity contribution in [1.82, 2.24) is 0 Å². The van der Waals surface area contributed by atoms with Crippen LogP contribution in [0, 0.1) is 0 Å². The number of carbonyl (C=O) groups excluding carboxylic acids is 1. The molecule has 0 amide bonds. The smallest absolute Gasteiger partial charge is 0.185 e. The fraction of sp³-hybridized carbons (Fsp3) is 0.269. The van der Waals surface area contributed by atoms with Crippen LogP contribution in [0.5, 0.6) is 11.5 Å². The van der Waals surface area contributed by atoms with E-state index in [0.717, 1.165) is 5.56 Å². The minimum absolute atomic E-state index is 0.0831. The summed E-state index contributed by atoms with van der Waals surface area (Å²) in [6.07, 6.45) is 13.6. The fourth-order valence-corrected chi connectivity index (χ4v) is 2.78. The number of aliphatic hydroxyl groups is 1. The molecule has 6 heteroatoms. The van der Waals surface area contributed by atoms with Crippen LogP contribution in [0.25, 0.3) is 6.08 Å². The Labute approximate surface area is 190 Å². The van der Waals surface area contributed by atoms with Crippen molar-refractivity contribution in [2.75, 3.05) is 28.4 Å². The molecule has 1 N–H and O–H groups in total. The fourth-order valence-electron chi connectivity index (χ4n) is 2.78. The largest absolute Gasteiger partial charge is 0.508 e. The van der Waals surface area contributed by atoms with Gasteiger partial charge in [0.2, 0.25) is 0 Å². The molecule has 0 spiro atoms. The molecule has 172 valence electrons. The molecular weight excluding hydrogens is 408 g/mol. The molecule has 0 saturated carbocycles. The van der Waals surface area contributed by atoms with Crippen LogP contribution in [-0.2, 0) is 14.3 Å². The highest BCUT2D eigenvalue weighted by atomic mass is 16.5. The minimum Gasteiger partial charge on any atom is -0.508 e. The Balaban J connectivity index is 2.94. The molecule has 1 aromatic rings.